The third-order valence-electron chi connectivity index (χ3n) is 4.67. The fourth-order valence-corrected chi connectivity index (χ4v) is 3.86. The van der Waals surface area contributed by atoms with E-state index in [9.17, 15) is 19.7 Å². The minimum Gasteiger partial charge on any atom is -0.387 e. The van der Waals surface area contributed by atoms with Crippen molar-refractivity contribution in [3.05, 3.63) is 62.4 Å². The van der Waals surface area contributed by atoms with Crippen LogP contribution in [0.5, 0.6) is 0 Å². The Balaban J connectivity index is 1.40. The summed E-state index contributed by atoms with van der Waals surface area (Å²) in [5.41, 5.74) is 0.584. The molecule has 4 rings (SSSR count). The summed E-state index contributed by atoms with van der Waals surface area (Å²) >= 11 is 1.39. The Bertz CT molecular complexity index is 1080. The number of amides is 1. The summed E-state index contributed by atoms with van der Waals surface area (Å²) in [5, 5.41) is 17.2. The number of hydrogen-bond donors (Lipinski definition) is 0. The number of thiophene rings is 1. The smallest absolute Gasteiger partial charge is 0.387 e. The minimum absolute atomic E-state index is 0.0440. The van der Waals surface area contributed by atoms with Crippen molar-refractivity contribution in [2.24, 2.45) is 0 Å². The zero-order valence-electron chi connectivity index (χ0n) is 15.3. The maximum atomic E-state index is 12.6. The van der Waals surface area contributed by atoms with Gasteiger partial charge in [-0.3, -0.25) is 14.9 Å². The third-order valence-corrected chi connectivity index (χ3v) is 5.53. The van der Waals surface area contributed by atoms with E-state index in [1.54, 1.807) is 29.2 Å². The van der Waals surface area contributed by atoms with Crippen molar-refractivity contribution < 1.29 is 14.1 Å². The number of nitro groups is 1. The monoisotopic (exact) mass is 415 g/mol. The summed E-state index contributed by atoms with van der Waals surface area (Å²) in [7, 11) is 0. The first-order chi connectivity index (χ1) is 14.0. The van der Waals surface area contributed by atoms with Crippen LogP contribution in [-0.2, 0) is 11.3 Å². The highest BCUT2D eigenvalue weighted by molar-refractivity contribution is 7.13. The van der Waals surface area contributed by atoms with Gasteiger partial charge < -0.3 is 14.2 Å². The van der Waals surface area contributed by atoms with Gasteiger partial charge in [-0.05, 0) is 17.5 Å². The number of nitrogens with zero attached hydrogens (tertiary/aromatic N) is 5. The Labute approximate surface area is 168 Å². The second-order valence-corrected chi connectivity index (χ2v) is 7.37. The molecule has 0 saturated carbocycles. The molecule has 1 fully saturated rings. The standard InChI is InChI=1S/C18H17N5O5S/c24-16(12-22-18(25)28-17(19-22)15-6-3-11-29-15)21-9-7-20(8-10-21)13-4-1-2-5-14(13)23(26)27/h1-6,11H,7-10,12H2. The number of hydrogen-bond acceptors (Lipinski definition) is 8. The summed E-state index contributed by atoms with van der Waals surface area (Å²) < 4.78 is 6.14. The van der Waals surface area contributed by atoms with Crippen molar-refractivity contribution in [1.82, 2.24) is 14.7 Å². The van der Waals surface area contributed by atoms with Gasteiger partial charge in [0, 0.05) is 32.2 Å². The predicted molar refractivity (Wildman–Crippen MR) is 106 cm³/mol. The van der Waals surface area contributed by atoms with Crippen LogP contribution in [0.3, 0.4) is 0 Å². The lowest BCUT2D eigenvalue weighted by atomic mass is 10.2. The molecule has 0 atom stereocenters. The predicted octanol–water partition coefficient (Wildman–Crippen LogP) is 1.82. The average Bonchev–Trinajstić information content (AvgIpc) is 3.38. The first-order valence-corrected chi connectivity index (χ1v) is 9.79. The molecule has 29 heavy (non-hydrogen) atoms. The van der Waals surface area contributed by atoms with E-state index >= 15 is 0 Å². The van der Waals surface area contributed by atoms with Crippen LogP contribution >= 0.6 is 11.3 Å². The van der Waals surface area contributed by atoms with Crippen molar-refractivity contribution in [3.63, 3.8) is 0 Å². The number of nitro benzene ring substituents is 1. The summed E-state index contributed by atoms with van der Waals surface area (Å²) in [5.74, 6) is -0.736. The maximum Gasteiger partial charge on any atom is 0.437 e. The van der Waals surface area contributed by atoms with Gasteiger partial charge in [-0.15, -0.1) is 16.4 Å². The van der Waals surface area contributed by atoms with Crippen LogP contribution < -0.4 is 10.7 Å². The van der Waals surface area contributed by atoms with E-state index in [1.807, 2.05) is 16.3 Å². The van der Waals surface area contributed by atoms with E-state index in [0.717, 1.165) is 4.68 Å². The molecule has 10 nitrogen and oxygen atoms in total. The van der Waals surface area contributed by atoms with Gasteiger partial charge in [0.05, 0.1) is 9.80 Å². The molecule has 1 amide bonds. The zero-order chi connectivity index (χ0) is 20.4. The number of anilines is 1. The molecule has 0 bridgehead atoms. The highest BCUT2D eigenvalue weighted by atomic mass is 32.1. The molecule has 1 aliphatic rings. The van der Waals surface area contributed by atoms with Crippen molar-refractivity contribution in [2.45, 2.75) is 6.54 Å². The van der Waals surface area contributed by atoms with E-state index < -0.39 is 10.7 Å². The van der Waals surface area contributed by atoms with Gasteiger partial charge in [0.25, 0.3) is 11.6 Å². The number of piperazine rings is 1. The second-order valence-electron chi connectivity index (χ2n) is 6.42. The molecule has 2 aromatic heterocycles. The van der Waals surface area contributed by atoms with Crippen LogP contribution in [0.4, 0.5) is 11.4 Å². The Kier molecular flexibility index (Phi) is 5.12. The normalized spacial score (nSPS) is 14.2. The van der Waals surface area contributed by atoms with Crippen molar-refractivity contribution >= 4 is 28.6 Å². The van der Waals surface area contributed by atoms with Gasteiger partial charge in [-0.2, -0.15) is 4.68 Å². The van der Waals surface area contributed by atoms with Crippen LogP contribution in [0, 0.1) is 10.1 Å². The molecule has 0 radical (unpaired) electrons. The molecule has 1 saturated heterocycles. The maximum absolute atomic E-state index is 12.6. The van der Waals surface area contributed by atoms with Gasteiger partial charge in [0.15, 0.2) is 0 Å². The Morgan fingerprint density at radius 2 is 1.93 bits per heavy atom. The van der Waals surface area contributed by atoms with E-state index in [-0.39, 0.29) is 24.0 Å². The molecule has 0 N–H and O–H groups in total. The van der Waals surface area contributed by atoms with Crippen molar-refractivity contribution in [3.8, 4) is 10.8 Å². The molecule has 3 aromatic rings. The van der Waals surface area contributed by atoms with E-state index in [1.165, 1.54) is 17.4 Å². The lowest BCUT2D eigenvalue weighted by molar-refractivity contribution is -0.384. The SMILES string of the molecule is O=C(Cn1nc(-c2cccs2)oc1=O)N1CCN(c2ccccc2[N+](=O)[O-])CC1. The van der Waals surface area contributed by atoms with E-state index in [4.69, 9.17) is 4.42 Å². The Hall–Kier alpha value is -3.47. The topological polar surface area (TPSA) is 115 Å². The number of carbonyl (C=O) groups excluding carboxylic acids is 1. The Morgan fingerprint density at radius 1 is 1.17 bits per heavy atom. The fourth-order valence-electron chi connectivity index (χ4n) is 3.22. The summed E-state index contributed by atoms with van der Waals surface area (Å²) in [6.45, 7) is 1.51. The fraction of sp³-hybridized carbons (Fsp3) is 0.278. The van der Waals surface area contributed by atoms with Crippen LogP contribution in [0.25, 0.3) is 10.8 Å². The lowest BCUT2D eigenvalue weighted by Crippen LogP contribution is -2.50. The van der Waals surface area contributed by atoms with Crippen LogP contribution in [0.1, 0.15) is 0 Å². The van der Waals surface area contributed by atoms with Gasteiger partial charge in [0.2, 0.25) is 5.91 Å². The molecule has 11 heteroatoms. The Morgan fingerprint density at radius 3 is 2.62 bits per heavy atom. The van der Waals surface area contributed by atoms with Gasteiger partial charge in [0.1, 0.15) is 12.2 Å². The number of para-hydroxylation sites is 2. The van der Waals surface area contributed by atoms with Gasteiger partial charge in [-0.1, -0.05) is 18.2 Å². The highest BCUT2D eigenvalue weighted by Gasteiger charge is 2.26. The number of benzene rings is 1. The zero-order valence-corrected chi connectivity index (χ0v) is 16.1. The van der Waals surface area contributed by atoms with Crippen molar-refractivity contribution in [1.29, 1.82) is 0 Å². The minimum atomic E-state index is -0.680. The van der Waals surface area contributed by atoms with Crippen LogP contribution in [-0.4, -0.2) is 51.7 Å². The van der Waals surface area contributed by atoms with Crippen LogP contribution in [0.2, 0.25) is 0 Å². The van der Waals surface area contributed by atoms with E-state index in [2.05, 4.69) is 5.10 Å². The molecule has 0 unspecified atom stereocenters. The summed E-state index contributed by atoms with van der Waals surface area (Å²) in [6.07, 6.45) is 0. The molecule has 1 aliphatic heterocycles. The number of rotatable bonds is 5. The molecule has 0 aliphatic carbocycles. The van der Waals surface area contributed by atoms with Crippen molar-refractivity contribution in [2.75, 3.05) is 31.1 Å². The first-order valence-electron chi connectivity index (χ1n) is 8.91. The van der Waals surface area contributed by atoms with Crippen LogP contribution in [0.15, 0.2) is 51.0 Å². The quantitative estimate of drug-likeness (QED) is 0.461. The second kappa shape index (κ2) is 7.87. The van der Waals surface area contributed by atoms with E-state index in [0.29, 0.717) is 36.7 Å². The molecular formula is C18H17N5O5S. The molecular weight excluding hydrogens is 398 g/mol. The lowest BCUT2D eigenvalue weighted by Gasteiger charge is -2.35. The molecule has 150 valence electrons. The van der Waals surface area contributed by atoms with Gasteiger partial charge >= 0.3 is 5.76 Å². The molecule has 1 aromatic carbocycles. The summed E-state index contributed by atoms with van der Waals surface area (Å²) in [4.78, 5) is 39.6. The molecule has 0 spiro atoms. The summed E-state index contributed by atoms with van der Waals surface area (Å²) in [6, 6.07) is 10.2. The number of carbonyl (C=O) groups is 1. The van der Waals surface area contributed by atoms with Gasteiger partial charge in [-0.25, -0.2) is 4.79 Å². The first kappa shape index (κ1) is 18.9. The average molecular weight is 415 g/mol. The molecule has 3 heterocycles. The number of aromatic nitrogens is 2. The highest BCUT2D eigenvalue weighted by Crippen LogP contribution is 2.28. The third kappa shape index (κ3) is 3.90. The largest absolute Gasteiger partial charge is 0.437 e.